The summed E-state index contributed by atoms with van der Waals surface area (Å²) < 4.78 is 24.4. The van der Waals surface area contributed by atoms with Crippen molar-refractivity contribution in [3.63, 3.8) is 0 Å². The van der Waals surface area contributed by atoms with Crippen molar-refractivity contribution in [3.8, 4) is 0 Å². The van der Waals surface area contributed by atoms with Crippen molar-refractivity contribution in [1.29, 1.82) is 0 Å². The zero-order valence-electron chi connectivity index (χ0n) is 10.5. The normalized spacial score (nSPS) is 11.2. The van der Waals surface area contributed by atoms with E-state index >= 15 is 0 Å². The fourth-order valence-electron chi connectivity index (χ4n) is 1.42. The Morgan fingerprint density at radius 2 is 1.95 bits per heavy atom. The molecule has 0 aliphatic carbocycles. The second kappa shape index (κ2) is 6.45. The first-order valence-corrected chi connectivity index (χ1v) is 8.05. The van der Waals surface area contributed by atoms with Crippen LogP contribution in [0.3, 0.4) is 0 Å². The lowest BCUT2D eigenvalue weighted by Gasteiger charge is -2.22. The molecule has 5 nitrogen and oxygen atoms in total. The van der Waals surface area contributed by atoms with Crippen molar-refractivity contribution in [2.45, 2.75) is 6.92 Å². The number of likely N-dealkylation sites (N-methyl/N-ethyl adjacent to an activating group) is 1. The molecule has 0 radical (unpaired) electrons. The third-order valence-corrected chi connectivity index (χ3v) is 4.13. The van der Waals surface area contributed by atoms with Crippen LogP contribution in [0.5, 0.6) is 0 Å². The van der Waals surface area contributed by atoms with Crippen molar-refractivity contribution in [2.24, 2.45) is 0 Å². The van der Waals surface area contributed by atoms with Crippen LogP contribution in [0.25, 0.3) is 0 Å². The number of nitrogens with one attached hydrogen (secondary N) is 1. The maximum absolute atomic E-state index is 11.7. The minimum atomic E-state index is -3.59. The number of halogens is 2. The molecule has 0 heterocycles. The van der Waals surface area contributed by atoms with E-state index in [0.29, 0.717) is 17.3 Å². The largest absolute Gasteiger partial charge is 0.355 e. The van der Waals surface area contributed by atoms with E-state index in [1.54, 1.807) is 6.92 Å². The lowest BCUT2D eigenvalue weighted by Crippen LogP contribution is -2.40. The number of carbonyl (C=O) groups excluding carboxylic acids is 1. The van der Waals surface area contributed by atoms with Crippen molar-refractivity contribution in [2.75, 3.05) is 23.7 Å². The number of nitrogens with zero attached hydrogens (tertiary/aromatic N) is 1. The number of benzene rings is 1. The SMILES string of the molecule is CCNC(=O)CN(c1ccc(Cl)c(Cl)c1)S(C)(=O)=O. The molecule has 0 saturated heterocycles. The Labute approximate surface area is 122 Å². The van der Waals surface area contributed by atoms with E-state index in [2.05, 4.69) is 5.32 Å². The lowest BCUT2D eigenvalue weighted by atomic mass is 10.3. The molecule has 0 spiro atoms. The van der Waals surface area contributed by atoms with Gasteiger partial charge in [0.2, 0.25) is 15.9 Å². The van der Waals surface area contributed by atoms with Gasteiger partial charge in [0.25, 0.3) is 0 Å². The van der Waals surface area contributed by atoms with E-state index in [4.69, 9.17) is 23.2 Å². The molecule has 0 atom stereocenters. The molecule has 0 aliphatic rings. The molecule has 1 N–H and O–H groups in total. The van der Waals surface area contributed by atoms with E-state index in [0.717, 1.165) is 10.6 Å². The minimum Gasteiger partial charge on any atom is -0.355 e. The van der Waals surface area contributed by atoms with Crippen LogP contribution in [0.15, 0.2) is 18.2 Å². The second-order valence-corrected chi connectivity index (χ2v) is 6.54. The van der Waals surface area contributed by atoms with Crippen LogP contribution in [0.2, 0.25) is 10.0 Å². The minimum absolute atomic E-state index is 0.226. The van der Waals surface area contributed by atoms with Crippen molar-refractivity contribution < 1.29 is 13.2 Å². The Morgan fingerprint density at radius 3 is 2.42 bits per heavy atom. The Bertz CT molecular complexity index is 575. The number of rotatable bonds is 5. The molecule has 106 valence electrons. The van der Waals surface area contributed by atoms with E-state index < -0.39 is 10.0 Å². The molecule has 0 unspecified atom stereocenters. The Balaban J connectivity index is 3.10. The van der Waals surface area contributed by atoms with Gasteiger partial charge in [-0.3, -0.25) is 9.10 Å². The van der Waals surface area contributed by atoms with E-state index in [1.807, 2.05) is 0 Å². The quantitative estimate of drug-likeness (QED) is 0.899. The molecule has 0 aliphatic heterocycles. The number of hydrogen-bond donors (Lipinski definition) is 1. The summed E-state index contributed by atoms with van der Waals surface area (Å²) in [5, 5.41) is 3.08. The van der Waals surface area contributed by atoms with Crippen LogP contribution in [0.1, 0.15) is 6.92 Å². The van der Waals surface area contributed by atoms with Crippen LogP contribution in [0.4, 0.5) is 5.69 Å². The van der Waals surface area contributed by atoms with Crippen molar-refractivity contribution >= 4 is 44.8 Å². The number of amides is 1. The van der Waals surface area contributed by atoms with Crippen molar-refractivity contribution in [1.82, 2.24) is 5.32 Å². The second-order valence-electron chi connectivity index (χ2n) is 3.82. The molecule has 1 aromatic carbocycles. The highest BCUT2D eigenvalue weighted by Crippen LogP contribution is 2.28. The highest BCUT2D eigenvalue weighted by molar-refractivity contribution is 7.92. The van der Waals surface area contributed by atoms with E-state index in [9.17, 15) is 13.2 Å². The zero-order valence-corrected chi connectivity index (χ0v) is 12.8. The van der Waals surface area contributed by atoms with Gasteiger partial charge in [0, 0.05) is 6.54 Å². The average molecular weight is 325 g/mol. The van der Waals surface area contributed by atoms with Crippen LogP contribution in [-0.4, -0.2) is 33.7 Å². The van der Waals surface area contributed by atoms with Gasteiger partial charge in [-0.2, -0.15) is 0 Å². The first-order chi connectivity index (χ1) is 8.75. The maximum atomic E-state index is 11.7. The Morgan fingerprint density at radius 1 is 1.32 bits per heavy atom. The molecule has 0 bridgehead atoms. The van der Waals surface area contributed by atoms with E-state index in [1.165, 1.54) is 18.2 Å². The van der Waals surface area contributed by atoms with Gasteiger partial charge in [0.1, 0.15) is 6.54 Å². The van der Waals surface area contributed by atoms with Crippen molar-refractivity contribution in [3.05, 3.63) is 28.2 Å². The van der Waals surface area contributed by atoms with Gasteiger partial charge in [0.05, 0.1) is 22.0 Å². The summed E-state index contributed by atoms with van der Waals surface area (Å²) in [7, 11) is -3.59. The fraction of sp³-hybridized carbons (Fsp3) is 0.364. The molecule has 19 heavy (non-hydrogen) atoms. The predicted molar refractivity (Wildman–Crippen MR) is 77.3 cm³/mol. The lowest BCUT2D eigenvalue weighted by molar-refractivity contribution is -0.119. The van der Waals surface area contributed by atoms with Gasteiger partial charge >= 0.3 is 0 Å². The molecular formula is C11H14Cl2N2O3S. The number of hydrogen-bond acceptors (Lipinski definition) is 3. The zero-order chi connectivity index (χ0) is 14.6. The Hall–Kier alpha value is -0.980. The van der Waals surface area contributed by atoms with Crippen LogP contribution < -0.4 is 9.62 Å². The number of carbonyl (C=O) groups is 1. The fourth-order valence-corrected chi connectivity index (χ4v) is 2.56. The Kier molecular flexibility index (Phi) is 5.46. The van der Waals surface area contributed by atoms with Crippen LogP contribution in [0, 0.1) is 0 Å². The van der Waals surface area contributed by atoms with Gasteiger partial charge in [-0.15, -0.1) is 0 Å². The highest BCUT2D eigenvalue weighted by Gasteiger charge is 2.21. The maximum Gasteiger partial charge on any atom is 0.240 e. The van der Waals surface area contributed by atoms with Crippen LogP contribution >= 0.6 is 23.2 Å². The molecule has 0 aromatic heterocycles. The molecule has 0 saturated carbocycles. The van der Waals surface area contributed by atoms with Gasteiger partial charge in [-0.1, -0.05) is 23.2 Å². The number of anilines is 1. The average Bonchev–Trinajstić information content (AvgIpc) is 2.29. The topological polar surface area (TPSA) is 66.5 Å². The molecule has 1 aromatic rings. The van der Waals surface area contributed by atoms with Gasteiger partial charge < -0.3 is 5.32 Å². The predicted octanol–water partition coefficient (Wildman–Crippen LogP) is 1.90. The first kappa shape index (κ1) is 16.1. The van der Waals surface area contributed by atoms with Gasteiger partial charge in [0.15, 0.2) is 0 Å². The smallest absolute Gasteiger partial charge is 0.240 e. The molecule has 1 rings (SSSR count). The summed E-state index contributed by atoms with van der Waals surface area (Å²) in [5.74, 6) is -0.390. The summed E-state index contributed by atoms with van der Waals surface area (Å²) in [6.45, 7) is 1.88. The molecule has 8 heteroatoms. The molecular weight excluding hydrogens is 311 g/mol. The number of sulfonamides is 1. The molecule has 0 fully saturated rings. The van der Waals surface area contributed by atoms with E-state index in [-0.39, 0.29) is 17.5 Å². The monoisotopic (exact) mass is 324 g/mol. The standard InChI is InChI=1S/C11H14Cl2N2O3S/c1-3-14-11(16)7-15(19(2,17)18)8-4-5-9(12)10(13)6-8/h4-6H,3,7H2,1-2H3,(H,14,16). The molecule has 1 amide bonds. The third kappa shape index (κ3) is 4.56. The summed E-state index contributed by atoms with van der Waals surface area (Å²) in [5.41, 5.74) is 0.295. The van der Waals surface area contributed by atoms with Crippen LogP contribution in [-0.2, 0) is 14.8 Å². The highest BCUT2D eigenvalue weighted by atomic mass is 35.5. The first-order valence-electron chi connectivity index (χ1n) is 5.45. The van der Waals surface area contributed by atoms with Gasteiger partial charge in [-0.05, 0) is 25.1 Å². The summed E-state index contributed by atoms with van der Waals surface area (Å²) in [6, 6.07) is 4.38. The van der Waals surface area contributed by atoms with Gasteiger partial charge in [-0.25, -0.2) is 8.42 Å². The third-order valence-electron chi connectivity index (χ3n) is 2.25. The summed E-state index contributed by atoms with van der Waals surface area (Å²) in [4.78, 5) is 11.5. The summed E-state index contributed by atoms with van der Waals surface area (Å²) >= 11 is 11.6. The summed E-state index contributed by atoms with van der Waals surface area (Å²) in [6.07, 6.45) is 1.02.